The molecule has 2 heteroatoms. The lowest BCUT2D eigenvalue weighted by Crippen LogP contribution is -2.38. The zero-order chi connectivity index (χ0) is 11.5. The molecule has 0 bridgehead atoms. The first-order valence-corrected chi connectivity index (χ1v) is 6.18. The van der Waals surface area contributed by atoms with Gasteiger partial charge in [-0.1, -0.05) is 18.6 Å². The van der Waals surface area contributed by atoms with Crippen LogP contribution in [0.3, 0.4) is 0 Å². The van der Waals surface area contributed by atoms with Gasteiger partial charge in [0.05, 0.1) is 0 Å². The molecule has 0 radical (unpaired) electrons. The summed E-state index contributed by atoms with van der Waals surface area (Å²) < 4.78 is 12.8. The van der Waals surface area contributed by atoms with Gasteiger partial charge in [-0.25, -0.2) is 4.39 Å². The van der Waals surface area contributed by atoms with Crippen molar-refractivity contribution in [2.75, 3.05) is 0 Å². The normalized spacial score (nSPS) is 20.2. The molecule has 2 rings (SSSR count). The molecule has 2 unspecified atom stereocenters. The van der Waals surface area contributed by atoms with Crippen LogP contribution in [0.15, 0.2) is 24.3 Å². The number of hydrogen-bond acceptors (Lipinski definition) is 1. The minimum atomic E-state index is -0.164. The Kier molecular flexibility index (Phi) is 3.59. The zero-order valence-electron chi connectivity index (χ0n) is 10.0. The zero-order valence-corrected chi connectivity index (χ0v) is 10.0. The first kappa shape index (κ1) is 11.6. The molecule has 1 fully saturated rings. The molecule has 0 aliphatic heterocycles. The number of nitrogens with one attached hydrogen (secondary N) is 1. The largest absolute Gasteiger partial charge is 0.307 e. The van der Waals surface area contributed by atoms with E-state index in [1.807, 2.05) is 12.1 Å². The average molecular weight is 221 g/mol. The minimum Gasteiger partial charge on any atom is -0.307 e. The van der Waals surface area contributed by atoms with E-state index in [0.717, 1.165) is 11.5 Å². The van der Waals surface area contributed by atoms with E-state index in [-0.39, 0.29) is 5.82 Å². The van der Waals surface area contributed by atoms with Gasteiger partial charge in [0.1, 0.15) is 5.82 Å². The number of benzene rings is 1. The second kappa shape index (κ2) is 4.96. The van der Waals surface area contributed by atoms with Gasteiger partial charge in [-0.15, -0.1) is 0 Å². The summed E-state index contributed by atoms with van der Waals surface area (Å²) in [5.41, 5.74) is 1.16. The van der Waals surface area contributed by atoms with Crippen LogP contribution in [0.5, 0.6) is 0 Å². The molecular formula is C14H20FN. The van der Waals surface area contributed by atoms with Gasteiger partial charge in [0.25, 0.3) is 0 Å². The van der Waals surface area contributed by atoms with Gasteiger partial charge in [0.15, 0.2) is 0 Å². The van der Waals surface area contributed by atoms with E-state index in [0.29, 0.717) is 12.1 Å². The molecule has 88 valence electrons. The van der Waals surface area contributed by atoms with Crippen molar-refractivity contribution >= 4 is 0 Å². The monoisotopic (exact) mass is 221 g/mol. The van der Waals surface area contributed by atoms with E-state index in [2.05, 4.69) is 19.2 Å². The Morgan fingerprint density at radius 2 is 1.81 bits per heavy atom. The van der Waals surface area contributed by atoms with Gasteiger partial charge < -0.3 is 5.32 Å². The van der Waals surface area contributed by atoms with Crippen LogP contribution in [0.25, 0.3) is 0 Å². The van der Waals surface area contributed by atoms with E-state index >= 15 is 0 Å². The first-order valence-electron chi connectivity index (χ1n) is 6.18. The molecule has 1 aromatic rings. The number of halogens is 1. The van der Waals surface area contributed by atoms with E-state index in [9.17, 15) is 4.39 Å². The Hall–Kier alpha value is -0.890. The molecule has 0 saturated heterocycles. The topological polar surface area (TPSA) is 12.0 Å². The van der Waals surface area contributed by atoms with Gasteiger partial charge in [0.2, 0.25) is 0 Å². The summed E-state index contributed by atoms with van der Waals surface area (Å²) in [6.45, 7) is 4.40. The Morgan fingerprint density at radius 3 is 2.31 bits per heavy atom. The minimum absolute atomic E-state index is 0.164. The van der Waals surface area contributed by atoms with Crippen LogP contribution in [0.2, 0.25) is 0 Å². The third kappa shape index (κ3) is 2.62. The molecule has 1 saturated carbocycles. The van der Waals surface area contributed by atoms with Gasteiger partial charge in [0, 0.05) is 12.1 Å². The Morgan fingerprint density at radius 1 is 1.19 bits per heavy atom. The molecule has 1 aliphatic rings. The van der Waals surface area contributed by atoms with Crippen LogP contribution in [-0.4, -0.2) is 6.04 Å². The van der Waals surface area contributed by atoms with E-state index < -0.39 is 0 Å². The molecule has 0 aromatic heterocycles. The Labute approximate surface area is 97.1 Å². The van der Waals surface area contributed by atoms with Gasteiger partial charge in [-0.3, -0.25) is 0 Å². The predicted octanol–water partition coefficient (Wildman–Crippen LogP) is 3.66. The van der Waals surface area contributed by atoms with E-state index in [1.165, 1.54) is 31.4 Å². The number of rotatable bonds is 4. The molecule has 2 atom stereocenters. The van der Waals surface area contributed by atoms with Crippen molar-refractivity contribution in [1.29, 1.82) is 0 Å². The van der Waals surface area contributed by atoms with Crippen LogP contribution < -0.4 is 5.32 Å². The van der Waals surface area contributed by atoms with Crippen molar-refractivity contribution in [2.45, 2.75) is 45.2 Å². The highest BCUT2D eigenvalue weighted by atomic mass is 19.1. The fraction of sp³-hybridized carbons (Fsp3) is 0.571. The van der Waals surface area contributed by atoms with Gasteiger partial charge in [-0.2, -0.15) is 0 Å². The lowest BCUT2D eigenvalue weighted by atomic mass is 9.80. The van der Waals surface area contributed by atoms with Crippen molar-refractivity contribution in [2.24, 2.45) is 5.92 Å². The third-order valence-electron chi connectivity index (χ3n) is 3.74. The van der Waals surface area contributed by atoms with Crippen LogP contribution in [0.4, 0.5) is 4.39 Å². The van der Waals surface area contributed by atoms with Gasteiger partial charge in [-0.05, 0) is 50.3 Å². The molecule has 16 heavy (non-hydrogen) atoms. The summed E-state index contributed by atoms with van der Waals surface area (Å²) in [7, 11) is 0. The van der Waals surface area contributed by atoms with Gasteiger partial charge >= 0.3 is 0 Å². The van der Waals surface area contributed by atoms with Crippen LogP contribution in [0.1, 0.15) is 44.7 Å². The summed E-state index contributed by atoms with van der Waals surface area (Å²) in [6, 6.07) is 7.65. The molecule has 1 aliphatic carbocycles. The van der Waals surface area contributed by atoms with E-state index in [1.54, 1.807) is 0 Å². The van der Waals surface area contributed by atoms with E-state index in [4.69, 9.17) is 0 Å². The highest BCUT2D eigenvalue weighted by molar-refractivity contribution is 5.19. The van der Waals surface area contributed by atoms with Crippen molar-refractivity contribution in [3.05, 3.63) is 35.6 Å². The molecule has 1 N–H and O–H groups in total. The highest BCUT2D eigenvalue weighted by Crippen LogP contribution is 2.30. The van der Waals surface area contributed by atoms with Crippen molar-refractivity contribution in [3.8, 4) is 0 Å². The summed E-state index contributed by atoms with van der Waals surface area (Å²) >= 11 is 0. The second-order valence-electron chi connectivity index (χ2n) is 4.92. The maximum absolute atomic E-state index is 12.8. The molecule has 0 amide bonds. The van der Waals surface area contributed by atoms with Crippen molar-refractivity contribution in [1.82, 2.24) is 5.32 Å². The summed E-state index contributed by atoms with van der Waals surface area (Å²) in [5.74, 6) is 0.672. The predicted molar refractivity (Wildman–Crippen MR) is 64.8 cm³/mol. The fourth-order valence-electron chi connectivity index (χ4n) is 2.32. The summed E-state index contributed by atoms with van der Waals surface area (Å²) in [4.78, 5) is 0. The Balaban J connectivity index is 1.91. The maximum atomic E-state index is 12.8. The first-order chi connectivity index (χ1) is 7.66. The molecule has 1 nitrogen and oxygen atoms in total. The molecule has 0 spiro atoms. The van der Waals surface area contributed by atoms with Crippen molar-refractivity contribution < 1.29 is 4.39 Å². The van der Waals surface area contributed by atoms with Crippen LogP contribution in [0, 0.1) is 11.7 Å². The number of hydrogen-bond donors (Lipinski definition) is 1. The maximum Gasteiger partial charge on any atom is 0.123 e. The van der Waals surface area contributed by atoms with Crippen LogP contribution >= 0.6 is 0 Å². The molecular weight excluding hydrogens is 201 g/mol. The third-order valence-corrected chi connectivity index (χ3v) is 3.74. The quantitative estimate of drug-likeness (QED) is 0.818. The molecule has 1 aromatic carbocycles. The molecule has 0 heterocycles. The standard InChI is InChI=1S/C14H20FN/c1-10(12-4-3-5-12)16-11(2)13-6-8-14(15)9-7-13/h6-12,16H,3-5H2,1-2H3. The Bertz CT molecular complexity index is 329. The lowest BCUT2D eigenvalue weighted by Gasteiger charge is -2.34. The van der Waals surface area contributed by atoms with Crippen LogP contribution in [-0.2, 0) is 0 Å². The summed E-state index contributed by atoms with van der Waals surface area (Å²) in [6.07, 6.45) is 4.08. The fourth-order valence-corrected chi connectivity index (χ4v) is 2.32. The highest BCUT2D eigenvalue weighted by Gasteiger charge is 2.24. The summed E-state index contributed by atoms with van der Waals surface area (Å²) in [5, 5.41) is 3.60. The SMILES string of the molecule is CC(NC(C)C1CCC1)c1ccc(F)cc1. The van der Waals surface area contributed by atoms with Crippen molar-refractivity contribution in [3.63, 3.8) is 0 Å². The average Bonchev–Trinajstić information content (AvgIpc) is 2.15. The second-order valence-corrected chi connectivity index (χ2v) is 4.92. The smallest absolute Gasteiger partial charge is 0.123 e. The lowest BCUT2D eigenvalue weighted by molar-refractivity contribution is 0.229.